The van der Waals surface area contributed by atoms with Crippen LogP contribution in [0.3, 0.4) is 0 Å². The molecule has 20 heavy (non-hydrogen) atoms. The third kappa shape index (κ3) is 1.91. The van der Waals surface area contributed by atoms with Crippen LogP contribution in [0.2, 0.25) is 0 Å². The van der Waals surface area contributed by atoms with Crippen LogP contribution in [0.25, 0.3) is 0 Å². The molecule has 7 heteroatoms. The zero-order valence-corrected chi connectivity index (χ0v) is 12.5. The molecule has 2 unspecified atom stereocenters. The van der Waals surface area contributed by atoms with Gasteiger partial charge in [-0.15, -0.1) is 0 Å². The quantitative estimate of drug-likeness (QED) is 0.796. The van der Waals surface area contributed by atoms with Crippen LogP contribution in [0.5, 0.6) is 0 Å². The average Bonchev–Trinajstić information content (AvgIpc) is 2.82. The summed E-state index contributed by atoms with van der Waals surface area (Å²) in [5.41, 5.74) is 0. The largest absolute Gasteiger partial charge is 0.324 e. The van der Waals surface area contributed by atoms with Crippen LogP contribution in [0.1, 0.15) is 12.8 Å². The first kappa shape index (κ1) is 12.8. The number of aryl methyl sites for hydroxylation is 1. The van der Waals surface area contributed by atoms with Crippen molar-refractivity contribution in [2.24, 2.45) is 18.9 Å². The smallest absolute Gasteiger partial charge is 0.277 e. The van der Waals surface area contributed by atoms with Gasteiger partial charge >= 0.3 is 0 Å². The molecule has 110 valence electrons. The molecule has 3 heterocycles. The fourth-order valence-corrected chi connectivity index (χ4v) is 5.26. The van der Waals surface area contributed by atoms with Crippen LogP contribution in [0, 0.1) is 11.8 Å². The average molecular weight is 296 g/mol. The Kier molecular flexibility index (Phi) is 2.74. The van der Waals surface area contributed by atoms with E-state index in [2.05, 4.69) is 9.88 Å². The minimum Gasteiger partial charge on any atom is -0.324 e. The predicted octanol–water partition coefficient (Wildman–Crippen LogP) is 0.135. The van der Waals surface area contributed by atoms with Crippen molar-refractivity contribution in [3.63, 3.8) is 0 Å². The number of imidazole rings is 1. The topological polar surface area (TPSA) is 58.4 Å². The summed E-state index contributed by atoms with van der Waals surface area (Å²) in [6.45, 7) is 3.45. The molecule has 3 aliphatic rings. The molecule has 3 fully saturated rings. The van der Waals surface area contributed by atoms with Crippen molar-refractivity contribution in [3.8, 4) is 0 Å². The number of nitrogens with zero attached hydrogens (tertiary/aromatic N) is 4. The van der Waals surface area contributed by atoms with E-state index in [9.17, 15) is 8.42 Å². The lowest BCUT2D eigenvalue weighted by Gasteiger charge is -2.20. The SMILES string of the molecule is Cn1ccnc1S(=O)(=O)N1CC2CN(C3CC3)CC2C1. The molecule has 0 aromatic carbocycles. The van der Waals surface area contributed by atoms with E-state index >= 15 is 0 Å². The Bertz CT molecular complexity index is 608. The van der Waals surface area contributed by atoms with Crippen molar-refractivity contribution in [3.05, 3.63) is 12.4 Å². The lowest BCUT2D eigenvalue weighted by atomic mass is 10.0. The van der Waals surface area contributed by atoms with Crippen LogP contribution in [-0.2, 0) is 17.1 Å². The van der Waals surface area contributed by atoms with Crippen molar-refractivity contribution in [2.45, 2.75) is 24.0 Å². The molecule has 1 aromatic rings. The van der Waals surface area contributed by atoms with Gasteiger partial charge in [-0.2, -0.15) is 4.31 Å². The maximum Gasteiger partial charge on any atom is 0.277 e. The third-order valence-electron chi connectivity index (χ3n) is 4.89. The van der Waals surface area contributed by atoms with E-state index in [0.717, 1.165) is 19.1 Å². The highest BCUT2D eigenvalue weighted by Crippen LogP contribution is 2.39. The van der Waals surface area contributed by atoms with E-state index in [1.165, 1.54) is 12.8 Å². The summed E-state index contributed by atoms with van der Waals surface area (Å²) in [5.74, 6) is 1.01. The Labute approximate surface area is 119 Å². The number of fused-ring (bicyclic) bond motifs is 1. The number of likely N-dealkylation sites (tertiary alicyclic amines) is 1. The molecule has 2 aliphatic heterocycles. The van der Waals surface area contributed by atoms with Crippen LogP contribution in [0.4, 0.5) is 0 Å². The zero-order chi connectivity index (χ0) is 13.9. The van der Waals surface area contributed by atoms with E-state index in [0.29, 0.717) is 24.9 Å². The van der Waals surface area contributed by atoms with Crippen LogP contribution in [0.15, 0.2) is 17.6 Å². The Hall–Kier alpha value is -0.920. The second-order valence-corrected chi connectivity index (χ2v) is 8.18. The van der Waals surface area contributed by atoms with Gasteiger partial charge in [0.05, 0.1) is 0 Å². The normalized spacial score (nSPS) is 31.9. The number of aromatic nitrogens is 2. The van der Waals surface area contributed by atoms with Gasteiger partial charge in [-0.25, -0.2) is 13.4 Å². The second-order valence-electron chi connectivity index (χ2n) is 6.35. The van der Waals surface area contributed by atoms with Gasteiger partial charge in [0.1, 0.15) is 0 Å². The number of hydrogen-bond donors (Lipinski definition) is 0. The Morgan fingerprint density at radius 1 is 1.15 bits per heavy atom. The highest BCUT2D eigenvalue weighted by atomic mass is 32.2. The number of sulfonamides is 1. The molecule has 0 amide bonds. The Morgan fingerprint density at radius 2 is 1.80 bits per heavy atom. The van der Waals surface area contributed by atoms with Gasteiger partial charge in [-0.3, -0.25) is 4.90 Å². The monoisotopic (exact) mass is 296 g/mol. The van der Waals surface area contributed by atoms with Gasteiger partial charge in [-0.05, 0) is 24.7 Å². The maximum absolute atomic E-state index is 12.6. The molecule has 1 saturated carbocycles. The summed E-state index contributed by atoms with van der Waals surface area (Å²) >= 11 is 0. The Morgan fingerprint density at radius 3 is 2.30 bits per heavy atom. The standard InChI is InChI=1S/C13H20N4O2S/c1-15-5-4-14-13(15)20(18,19)17-8-10-6-16(12-2-3-12)7-11(10)9-17/h4-5,10-12H,2-3,6-9H2,1H3. The van der Waals surface area contributed by atoms with Crippen LogP contribution < -0.4 is 0 Å². The fourth-order valence-electron chi connectivity index (χ4n) is 3.64. The van der Waals surface area contributed by atoms with Gasteiger partial charge in [0.15, 0.2) is 0 Å². The van der Waals surface area contributed by atoms with Crippen molar-refractivity contribution < 1.29 is 8.42 Å². The molecule has 4 rings (SSSR count). The van der Waals surface area contributed by atoms with E-state index in [4.69, 9.17) is 0 Å². The maximum atomic E-state index is 12.6. The predicted molar refractivity (Wildman–Crippen MR) is 73.5 cm³/mol. The van der Waals surface area contributed by atoms with E-state index < -0.39 is 10.0 Å². The van der Waals surface area contributed by atoms with Gasteiger partial charge < -0.3 is 4.57 Å². The zero-order valence-electron chi connectivity index (χ0n) is 11.6. The van der Waals surface area contributed by atoms with Gasteiger partial charge in [0.25, 0.3) is 10.0 Å². The summed E-state index contributed by atoms with van der Waals surface area (Å²) in [7, 11) is -1.70. The first-order valence-corrected chi connectivity index (χ1v) is 8.71. The summed E-state index contributed by atoms with van der Waals surface area (Å²) < 4.78 is 28.4. The molecule has 0 spiro atoms. The fraction of sp³-hybridized carbons (Fsp3) is 0.769. The van der Waals surface area contributed by atoms with E-state index in [1.54, 1.807) is 28.3 Å². The van der Waals surface area contributed by atoms with Crippen molar-refractivity contribution >= 4 is 10.0 Å². The molecule has 2 atom stereocenters. The van der Waals surface area contributed by atoms with Crippen molar-refractivity contribution in [1.29, 1.82) is 0 Å². The first-order valence-electron chi connectivity index (χ1n) is 7.27. The summed E-state index contributed by atoms with van der Waals surface area (Å²) in [6, 6.07) is 0.792. The molecule has 2 saturated heterocycles. The minimum absolute atomic E-state index is 0.163. The van der Waals surface area contributed by atoms with Gasteiger partial charge in [-0.1, -0.05) is 0 Å². The lowest BCUT2D eigenvalue weighted by molar-refractivity contribution is 0.287. The number of hydrogen-bond acceptors (Lipinski definition) is 4. The number of rotatable bonds is 3. The highest BCUT2D eigenvalue weighted by molar-refractivity contribution is 7.89. The molecule has 1 aliphatic carbocycles. The van der Waals surface area contributed by atoms with Crippen molar-refractivity contribution in [2.75, 3.05) is 26.2 Å². The van der Waals surface area contributed by atoms with Crippen LogP contribution in [-0.4, -0.2) is 59.4 Å². The Balaban J connectivity index is 1.51. The highest BCUT2D eigenvalue weighted by Gasteiger charge is 2.47. The van der Waals surface area contributed by atoms with Gasteiger partial charge in [0.2, 0.25) is 5.16 Å². The minimum atomic E-state index is -3.42. The third-order valence-corrected chi connectivity index (χ3v) is 6.72. The molecule has 0 bridgehead atoms. The molecular formula is C13H20N4O2S. The van der Waals surface area contributed by atoms with Crippen LogP contribution >= 0.6 is 0 Å². The molecule has 6 nitrogen and oxygen atoms in total. The van der Waals surface area contributed by atoms with E-state index in [-0.39, 0.29) is 5.16 Å². The summed E-state index contributed by atoms with van der Waals surface area (Å²) in [4.78, 5) is 6.56. The summed E-state index contributed by atoms with van der Waals surface area (Å²) in [6.07, 6.45) is 5.88. The van der Waals surface area contributed by atoms with E-state index in [1.807, 2.05) is 0 Å². The second kappa shape index (κ2) is 4.29. The van der Waals surface area contributed by atoms with Gasteiger partial charge in [0, 0.05) is 51.7 Å². The lowest BCUT2D eigenvalue weighted by Crippen LogP contribution is -2.35. The van der Waals surface area contributed by atoms with Crippen molar-refractivity contribution in [1.82, 2.24) is 18.8 Å². The molecule has 0 N–H and O–H groups in total. The molecular weight excluding hydrogens is 276 g/mol. The molecule has 0 radical (unpaired) electrons. The summed E-state index contributed by atoms with van der Waals surface area (Å²) in [5, 5.41) is 0.163. The molecule has 1 aromatic heterocycles. The first-order chi connectivity index (χ1) is 9.55.